The Kier molecular flexibility index (Phi) is 5.45. The summed E-state index contributed by atoms with van der Waals surface area (Å²) in [5.41, 5.74) is 1.02. The summed E-state index contributed by atoms with van der Waals surface area (Å²) in [6, 6.07) is 10.6. The van der Waals surface area contributed by atoms with Crippen LogP contribution >= 0.6 is 0 Å². The highest BCUT2D eigenvalue weighted by Crippen LogP contribution is 2.24. The molecule has 142 valence electrons. The van der Waals surface area contributed by atoms with E-state index in [1.165, 1.54) is 41.4 Å². The lowest BCUT2D eigenvalue weighted by Crippen LogP contribution is -2.22. The van der Waals surface area contributed by atoms with Gasteiger partial charge in [0.15, 0.2) is 0 Å². The van der Waals surface area contributed by atoms with E-state index in [9.17, 15) is 19.7 Å². The molecule has 0 aliphatic heterocycles. The van der Waals surface area contributed by atoms with Gasteiger partial charge >= 0.3 is 0 Å². The van der Waals surface area contributed by atoms with Crippen LogP contribution in [0.1, 0.15) is 27.6 Å². The van der Waals surface area contributed by atoms with Crippen molar-refractivity contribution in [2.75, 3.05) is 11.9 Å². The van der Waals surface area contributed by atoms with Gasteiger partial charge in [-0.2, -0.15) is 0 Å². The number of anilines is 1. The van der Waals surface area contributed by atoms with E-state index < -0.39 is 10.8 Å². The van der Waals surface area contributed by atoms with Crippen LogP contribution < -0.4 is 10.6 Å². The number of nitro groups is 1. The second-order valence-corrected chi connectivity index (χ2v) is 5.82. The molecule has 2 aromatic carbocycles. The minimum absolute atomic E-state index is 0.124. The first-order valence-electron chi connectivity index (χ1n) is 8.46. The van der Waals surface area contributed by atoms with Crippen molar-refractivity contribution >= 4 is 23.2 Å². The van der Waals surface area contributed by atoms with Crippen molar-refractivity contribution in [3.8, 4) is 5.69 Å². The molecular formula is C19H17N5O4. The smallest absolute Gasteiger partial charge is 0.294 e. The van der Waals surface area contributed by atoms with E-state index in [0.717, 1.165) is 0 Å². The molecule has 0 atom stereocenters. The second-order valence-electron chi connectivity index (χ2n) is 5.82. The second kappa shape index (κ2) is 8.12. The van der Waals surface area contributed by atoms with E-state index in [1.807, 2.05) is 6.92 Å². The van der Waals surface area contributed by atoms with Crippen molar-refractivity contribution in [1.29, 1.82) is 0 Å². The van der Waals surface area contributed by atoms with Crippen LogP contribution in [0.4, 0.5) is 11.4 Å². The van der Waals surface area contributed by atoms with Gasteiger partial charge in [0.2, 0.25) is 0 Å². The van der Waals surface area contributed by atoms with Gasteiger partial charge in [-0.3, -0.25) is 19.7 Å². The molecule has 9 heteroatoms. The Morgan fingerprint density at radius 2 is 1.93 bits per heavy atom. The number of benzene rings is 2. The number of nitrogens with one attached hydrogen (secondary N) is 2. The minimum atomic E-state index is -0.554. The van der Waals surface area contributed by atoms with E-state index in [0.29, 0.717) is 23.5 Å². The fourth-order valence-corrected chi connectivity index (χ4v) is 2.63. The van der Waals surface area contributed by atoms with E-state index in [2.05, 4.69) is 15.6 Å². The Morgan fingerprint density at radius 1 is 1.14 bits per heavy atom. The van der Waals surface area contributed by atoms with Crippen molar-refractivity contribution in [2.24, 2.45) is 0 Å². The van der Waals surface area contributed by atoms with E-state index in [-0.39, 0.29) is 17.2 Å². The highest BCUT2D eigenvalue weighted by Gasteiger charge is 2.19. The number of imidazole rings is 1. The Hall–Kier alpha value is -4.01. The van der Waals surface area contributed by atoms with Crippen LogP contribution in [0.3, 0.4) is 0 Å². The molecule has 0 spiro atoms. The summed E-state index contributed by atoms with van der Waals surface area (Å²) in [6.45, 7) is 2.30. The molecule has 0 unspecified atom stereocenters. The van der Waals surface area contributed by atoms with Crippen LogP contribution in [0.15, 0.2) is 61.2 Å². The lowest BCUT2D eigenvalue weighted by molar-refractivity contribution is -0.384. The van der Waals surface area contributed by atoms with E-state index >= 15 is 0 Å². The third-order valence-corrected chi connectivity index (χ3v) is 3.94. The van der Waals surface area contributed by atoms with Crippen molar-refractivity contribution in [3.05, 3.63) is 82.4 Å². The predicted molar refractivity (Wildman–Crippen MR) is 103 cm³/mol. The largest absolute Gasteiger partial charge is 0.352 e. The lowest BCUT2D eigenvalue weighted by Gasteiger charge is -2.09. The maximum Gasteiger partial charge on any atom is 0.294 e. The SMILES string of the molecule is CCNC(=O)c1cccc(NC(=O)c2ccc(-n3ccnc3)c([N+](=O)[O-])c2)c1. The summed E-state index contributed by atoms with van der Waals surface area (Å²) in [6.07, 6.45) is 4.52. The summed E-state index contributed by atoms with van der Waals surface area (Å²) in [4.78, 5) is 39.2. The zero-order chi connectivity index (χ0) is 20.1. The number of nitro benzene ring substituents is 1. The van der Waals surface area contributed by atoms with Gasteiger partial charge in [-0.05, 0) is 37.3 Å². The molecule has 2 N–H and O–H groups in total. The van der Waals surface area contributed by atoms with Gasteiger partial charge in [0.1, 0.15) is 5.69 Å². The van der Waals surface area contributed by atoms with Crippen LogP contribution in [0.25, 0.3) is 5.69 Å². The molecule has 3 aromatic rings. The van der Waals surface area contributed by atoms with Gasteiger partial charge in [0.05, 0.1) is 11.3 Å². The highest BCUT2D eigenvalue weighted by molar-refractivity contribution is 6.05. The van der Waals surface area contributed by atoms with Crippen molar-refractivity contribution in [2.45, 2.75) is 6.92 Å². The molecule has 1 aromatic heterocycles. The average Bonchev–Trinajstić information content (AvgIpc) is 3.22. The van der Waals surface area contributed by atoms with Crippen LogP contribution in [-0.4, -0.2) is 32.8 Å². The molecule has 0 aliphatic carbocycles. The molecule has 9 nitrogen and oxygen atoms in total. The first kappa shape index (κ1) is 18.8. The first-order valence-corrected chi connectivity index (χ1v) is 8.46. The maximum atomic E-state index is 12.5. The standard InChI is InChI=1S/C19H17N5O4/c1-2-21-18(25)13-4-3-5-15(10-13)22-19(26)14-6-7-16(17(11-14)24(27)28)23-9-8-20-12-23/h3-12H,2H2,1H3,(H,21,25)(H,22,26). The fourth-order valence-electron chi connectivity index (χ4n) is 2.63. The van der Waals surface area contributed by atoms with E-state index in [4.69, 9.17) is 0 Å². The number of hydrogen-bond acceptors (Lipinski definition) is 5. The first-order chi connectivity index (χ1) is 13.5. The number of aromatic nitrogens is 2. The summed E-state index contributed by atoms with van der Waals surface area (Å²) in [7, 11) is 0. The van der Waals surface area contributed by atoms with Crippen molar-refractivity contribution in [1.82, 2.24) is 14.9 Å². The predicted octanol–water partition coefficient (Wildman–Crippen LogP) is 2.78. The van der Waals surface area contributed by atoms with E-state index in [1.54, 1.807) is 24.4 Å². The molecule has 0 radical (unpaired) electrons. The number of hydrogen-bond donors (Lipinski definition) is 2. The Balaban J connectivity index is 1.85. The van der Waals surface area contributed by atoms with Gasteiger partial charge in [-0.1, -0.05) is 6.07 Å². The number of rotatable bonds is 6. The zero-order valence-electron chi connectivity index (χ0n) is 15.0. The molecule has 3 rings (SSSR count). The number of nitrogens with zero attached hydrogens (tertiary/aromatic N) is 3. The molecule has 0 saturated carbocycles. The number of amides is 2. The van der Waals surface area contributed by atoms with Gasteiger partial charge < -0.3 is 15.2 Å². The van der Waals surface area contributed by atoms with Crippen LogP contribution in [0, 0.1) is 10.1 Å². The molecule has 0 aliphatic rings. The molecular weight excluding hydrogens is 362 g/mol. The summed E-state index contributed by atoms with van der Waals surface area (Å²) in [5.74, 6) is -0.771. The van der Waals surface area contributed by atoms with Crippen LogP contribution in [-0.2, 0) is 0 Å². The Labute approximate surface area is 160 Å². The molecule has 2 amide bonds. The summed E-state index contributed by atoms with van der Waals surface area (Å²) >= 11 is 0. The third-order valence-electron chi connectivity index (χ3n) is 3.94. The Bertz CT molecular complexity index is 1030. The summed E-state index contributed by atoms with van der Waals surface area (Å²) < 4.78 is 1.50. The molecule has 1 heterocycles. The quantitative estimate of drug-likeness (QED) is 0.504. The monoisotopic (exact) mass is 379 g/mol. The van der Waals surface area contributed by atoms with Gasteiger partial charge in [-0.25, -0.2) is 4.98 Å². The number of carbonyl (C=O) groups is 2. The molecule has 28 heavy (non-hydrogen) atoms. The van der Waals surface area contributed by atoms with Crippen LogP contribution in [0.2, 0.25) is 0 Å². The molecule has 0 fully saturated rings. The highest BCUT2D eigenvalue weighted by atomic mass is 16.6. The lowest BCUT2D eigenvalue weighted by atomic mass is 10.1. The van der Waals surface area contributed by atoms with Crippen LogP contribution in [0.5, 0.6) is 0 Å². The average molecular weight is 379 g/mol. The molecule has 0 bridgehead atoms. The topological polar surface area (TPSA) is 119 Å². The minimum Gasteiger partial charge on any atom is -0.352 e. The fraction of sp³-hybridized carbons (Fsp3) is 0.105. The normalized spacial score (nSPS) is 10.3. The van der Waals surface area contributed by atoms with Gasteiger partial charge in [0.25, 0.3) is 17.5 Å². The maximum absolute atomic E-state index is 12.5. The van der Waals surface area contributed by atoms with Gasteiger partial charge in [-0.15, -0.1) is 0 Å². The third kappa shape index (κ3) is 4.04. The zero-order valence-corrected chi connectivity index (χ0v) is 15.0. The molecule has 0 saturated heterocycles. The van der Waals surface area contributed by atoms with Gasteiger partial charge in [0, 0.05) is 41.8 Å². The van der Waals surface area contributed by atoms with Crippen molar-refractivity contribution in [3.63, 3.8) is 0 Å². The van der Waals surface area contributed by atoms with Crippen molar-refractivity contribution < 1.29 is 14.5 Å². The number of carbonyl (C=O) groups excluding carboxylic acids is 2. The summed E-state index contributed by atoms with van der Waals surface area (Å²) in [5, 5.41) is 16.8. The Morgan fingerprint density at radius 3 is 2.61 bits per heavy atom.